The number of amides is 1. The highest BCUT2D eigenvalue weighted by Crippen LogP contribution is 2.18. The number of hydrogen-bond acceptors (Lipinski definition) is 3. The molecule has 0 aliphatic rings. The minimum Gasteiger partial charge on any atom is -0.355 e. The van der Waals surface area contributed by atoms with Crippen LogP contribution in [0.4, 0.5) is 0 Å². The highest BCUT2D eigenvalue weighted by Gasteiger charge is 2.02. The highest BCUT2D eigenvalue weighted by molar-refractivity contribution is 7.99. The van der Waals surface area contributed by atoms with Crippen molar-refractivity contribution >= 4 is 23.3 Å². The van der Waals surface area contributed by atoms with E-state index in [9.17, 15) is 4.79 Å². The third-order valence-corrected chi connectivity index (χ3v) is 3.58. The lowest BCUT2D eigenvalue weighted by Gasteiger charge is -2.06. The van der Waals surface area contributed by atoms with Gasteiger partial charge in [0.1, 0.15) is 5.65 Å². The van der Waals surface area contributed by atoms with Crippen LogP contribution in [0.1, 0.15) is 19.8 Å². The van der Waals surface area contributed by atoms with Gasteiger partial charge < -0.3 is 5.32 Å². The Morgan fingerprint density at radius 2 is 2.39 bits per heavy atom. The van der Waals surface area contributed by atoms with Gasteiger partial charge >= 0.3 is 0 Å². The topological polar surface area (TPSA) is 46.4 Å². The smallest absolute Gasteiger partial charge is 0.220 e. The van der Waals surface area contributed by atoms with E-state index in [0.29, 0.717) is 13.0 Å². The van der Waals surface area contributed by atoms with Crippen molar-refractivity contribution in [1.82, 2.24) is 14.7 Å². The van der Waals surface area contributed by atoms with Crippen LogP contribution in [0.5, 0.6) is 0 Å². The number of hydrogen-bond donors (Lipinski definition) is 1. The van der Waals surface area contributed by atoms with Crippen molar-refractivity contribution in [3.63, 3.8) is 0 Å². The van der Waals surface area contributed by atoms with Gasteiger partial charge in [-0.3, -0.25) is 9.20 Å². The van der Waals surface area contributed by atoms with E-state index in [1.54, 1.807) is 18.0 Å². The largest absolute Gasteiger partial charge is 0.355 e. The van der Waals surface area contributed by atoms with E-state index in [1.807, 2.05) is 25.3 Å². The van der Waals surface area contributed by atoms with Crippen molar-refractivity contribution < 1.29 is 4.79 Å². The molecule has 4 nitrogen and oxygen atoms in total. The second-order valence-corrected chi connectivity index (χ2v) is 5.08. The molecular weight excluding hydrogens is 246 g/mol. The van der Waals surface area contributed by atoms with Gasteiger partial charge in [-0.15, -0.1) is 11.8 Å². The Morgan fingerprint density at radius 1 is 1.50 bits per heavy atom. The van der Waals surface area contributed by atoms with Gasteiger partial charge in [-0.1, -0.05) is 13.0 Å². The number of fused-ring (bicyclic) bond motifs is 1. The molecule has 0 fully saturated rings. The Morgan fingerprint density at radius 3 is 3.22 bits per heavy atom. The fourth-order valence-electron chi connectivity index (χ4n) is 1.70. The zero-order valence-corrected chi connectivity index (χ0v) is 11.2. The van der Waals surface area contributed by atoms with E-state index in [4.69, 9.17) is 0 Å². The fourth-order valence-corrected chi connectivity index (χ4v) is 2.58. The Labute approximate surface area is 111 Å². The number of carbonyl (C=O) groups is 1. The first-order valence-electron chi connectivity index (χ1n) is 6.13. The zero-order chi connectivity index (χ0) is 12.8. The van der Waals surface area contributed by atoms with E-state index in [-0.39, 0.29) is 5.91 Å². The van der Waals surface area contributed by atoms with Crippen LogP contribution in [0.2, 0.25) is 0 Å². The molecule has 2 aromatic rings. The molecule has 2 aromatic heterocycles. The maximum absolute atomic E-state index is 11.3. The molecule has 0 aliphatic heterocycles. The molecule has 18 heavy (non-hydrogen) atoms. The molecule has 0 unspecified atom stereocenters. The third-order valence-electron chi connectivity index (χ3n) is 2.54. The SMILES string of the molecule is CCCC(=O)NCCSc1cccc2nccn12. The van der Waals surface area contributed by atoms with Gasteiger partial charge in [0, 0.05) is 31.1 Å². The maximum Gasteiger partial charge on any atom is 0.220 e. The summed E-state index contributed by atoms with van der Waals surface area (Å²) in [4.78, 5) is 15.5. The van der Waals surface area contributed by atoms with Crippen LogP contribution in [0.25, 0.3) is 5.65 Å². The van der Waals surface area contributed by atoms with Crippen molar-refractivity contribution in [2.45, 2.75) is 24.8 Å². The molecule has 5 heteroatoms. The van der Waals surface area contributed by atoms with Gasteiger partial charge in [0.05, 0.1) is 5.03 Å². The summed E-state index contributed by atoms with van der Waals surface area (Å²) >= 11 is 1.72. The summed E-state index contributed by atoms with van der Waals surface area (Å²) in [5.74, 6) is 1.01. The van der Waals surface area contributed by atoms with Gasteiger partial charge in [-0.25, -0.2) is 4.98 Å². The summed E-state index contributed by atoms with van der Waals surface area (Å²) in [5, 5.41) is 4.06. The summed E-state index contributed by atoms with van der Waals surface area (Å²) < 4.78 is 2.05. The highest BCUT2D eigenvalue weighted by atomic mass is 32.2. The second-order valence-electron chi connectivity index (χ2n) is 3.97. The molecule has 1 N–H and O–H groups in total. The normalized spacial score (nSPS) is 10.7. The van der Waals surface area contributed by atoms with E-state index in [2.05, 4.69) is 20.8 Å². The van der Waals surface area contributed by atoms with Crippen molar-refractivity contribution in [3.8, 4) is 0 Å². The van der Waals surface area contributed by atoms with E-state index < -0.39 is 0 Å². The summed E-state index contributed by atoms with van der Waals surface area (Å²) in [6.07, 6.45) is 5.25. The number of imidazole rings is 1. The monoisotopic (exact) mass is 263 g/mol. The average Bonchev–Trinajstić information content (AvgIpc) is 2.84. The summed E-state index contributed by atoms with van der Waals surface area (Å²) in [7, 11) is 0. The lowest BCUT2D eigenvalue weighted by Crippen LogP contribution is -2.25. The molecule has 0 radical (unpaired) electrons. The van der Waals surface area contributed by atoms with Gasteiger partial charge in [-0.2, -0.15) is 0 Å². The van der Waals surface area contributed by atoms with Gasteiger partial charge in [-0.05, 0) is 18.6 Å². The fraction of sp³-hybridized carbons (Fsp3) is 0.385. The minimum absolute atomic E-state index is 0.138. The number of aromatic nitrogens is 2. The summed E-state index contributed by atoms with van der Waals surface area (Å²) in [6, 6.07) is 6.04. The van der Waals surface area contributed by atoms with Crippen LogP contribution < -0.4 is 5.32 Å². The molecule has 2 rings (SSSR count). The molecular formula is C13H17N3OS. The molecule has 2 heterocycles. The van der Waals surface area contributed by atoms with Gasteiger partial charge in [0.2, 0.25) is 5.91 Å². The molecule has 0 atom stereocenters. The number of nitrogens with zero attached hydrogens (tertiary/aromatic N) is 2. The molecule has 0 bridgehead atoms. The van der Waals surface area contributed by atoms with Crippen LogP contribution in [-0.4, -0.2) is 27.6 Å². The summed E-state index contributed by atoms with van der Waals surface area (Å²) in [6.45, 7) is 2.71. The van der Waals surface area contributed by atoms with Crippen LogP contribution in [-0.2, 0) is 4.79 Å². The predicted molar refractivity (Wildman–Crippen MR) is 73.8 cm³/mol. The van der Waals surface area contributed by atoms with Crippen LogP contribution >= 0.6 is 11.8 Å². The lowest BCUT2D eigenvalue weighted by molar-refractivity contribution is -0.120. The van der Waals surface area contributed by atoms with Crippen LogP contribution in [0.3, 0.4) is 0 Å². The number of carbonyl (C=O) groups excluding carboxylic acids is 1. The summed E-state index contributed by atoms with van der Waals surface area (Å²) in [5.41, 5.74) is 0.954. The first-order chi connectivity index (χ1) is 8.81. The van der Waals surface area contributed by atoms with Gasteiger partial charge in [0.25, 0.3) is 0 Å². The van der Waals surface area contributed by atoms with E-state index >= 15 is 0 Å². The van der Waals surface area contributed by atoms with Crippen LogP contribution in [0.15, 0.2) is 35.6 Å². The van der Waals surface area contributed by atoms with Crippen molar-refractivity contribution in [3.05, 3.63) is 30.6 Å². The molecule has 1 amide bonds. The third kappa shape index (κ3) is 3.26. The molecule has 0 aromatic carbocycles. The first-order valence-corrected chi connectivity index (χ1v) is 7.11. The number of thioether (sulfide) groups is 1. The molecule has 0 saturated carbocycles. The average molecular weight is 263 g/mol. The Balaban J connectivity index is 1.83. The zero-order valence-electron chi connectivity index (χ0n) is 10.4. The number of nitrogens with one attached hydrogen (secondary N) is 1. The Kier molecular flexibility index (Phi) is 4.64. The Bertz CT molecular complexity index is 524. The van der Waals surface area contributed by atoms with E-state index in [0.717, 1.165) is 22.8 Å². The predicted octanol–water partition coefficient (Wildman–Crippen LogP) is 2.34. The lowest BCUT2D eigenvalue weighted by atomic mass is 10.3. The first kappa shape index (κ1) is 13.0. The minimum atomic E-state index is 0.138. The van der Waals surface area contributed by atoms with Crippen molar-refractivity contribution in [2.24, 2.45) is 0 Å². The quantitative estimate of drug-likeness (QED) is 0.643. The molecule has 96 valence electrons. The second kappa shape index (κ2) is 6.44. The molecule has 0 aliphatic carbocycles. The maximum atomic E-state index is 11.3. The van der Waals surface area contributed by atoms with Crippen molar-refractivity contribution in [2.75, 3.05) is 12.3 Å². The van der Waals surface area contributed by atoms with Crippen molar-refractivity contribution in [1.29, 1.82) is 0 Å². The van der Waals surface area contributed by atoms with Crippen LogP contribution in [0, 0.1) is 0 Å². The number of pyridine rings is 1. The van der Waals surface area contributed by atoms with Gasteiger partial charge in [0.15, 0.2) is 0 Å². The Hall–Kier alpha value is -1.49. The molecule has 0 saturated heterocycles. The molecule has 0 spiro atoms. The number of rotatable bonds is 6. The van der Waals surface area contributed by atoms with E-state index in [1.165, 1.54) is 0 Å². The standard InChI is InChI=1S/C13H17N3OS/c1-2-4-12(17)15-8-10-18-13-6-3-5-11-14-7-9-16(11)13/h3,5-7,9H,2,4,8,10H2,1H3,(H,15,17).